The average Bonchev–Trinajstić information content (AvgIpc) is 2.35. The van der Waals surface area contributed by atoms with E-state index in [9.17, 15) is 18.0 Å². The van der Waals surface area contributed by atoms with E-state index >= 15 is 0 Å². The first-order chi connectivity index (χ1) is 9.20. The molecule has 0 saturated carbocycles. The molecular formula is C12H8O7SZn. The fourth-order valence-corrected chi connectivity index (χ4v) is 2.54. The number of carboxylic acid groups (broad SMARTS) is 2. The van der Waals surface area contributed by atoms with E-state index in [0.717, 1.165) is 18.2 Å². The summed E-state index contributed by atoms with van der Waals surface area (Å²) in [6.45, 7) is 0. The second-order valence-electron chi connectivity index (χ2n) is 4.00. The second kappa shape index (κ2) is 5.89. The van der Waals surface area contributed by atoms with E-state index < -0.39 is 27.0 Å². The molecule has 7 nitrogen and oxygen atoms in total. The predicted molar refractivity (Wildman–Crippen MR) is 67.7 cm³/mol. The van der Waals surface area contributed by atoms with Gasteiger partial charge in [0.05, 0.1) is 11.1 Å². The fraction of sp³-hybridized carbons (Fsp3) is 0. The Bertz CT molecular complexity index is 837. The van der Waals surface area contributed by atoms with Crippen LogP contribution in [0.3, 0.4) is 0 Å². The van der Waals surface area contributed by atoms with E-state index in [1.54, 1.807) is 0 Å². The van der Waals surface area contributed by atoms with Crippen LogP contribution in [0, 0.1) is 0 Å². The Kier molecular flexibility index (Phi) is 4.83. The molecule has 21 heavy (non-hydrogen) atoms. The van der Waals surface area contributed by atoms with Crippen LogP contribution in [0.15, 0.2) is 35.2 Å². The summed E-state index contributed by atoms with van der Waals surface area (Å²) < 4.78 is 31.7. The van der Waals surface area contributed by atoms with Crippen molar-refractivity contribution in [3.63, 3.8) is 0 Å². The number of fused-ring (bicyclic) bond motifs is 1. The van der Waals surface area contributed by atoms with Crippen molar-refractivity contribution in [2.45, 2.75) is 4.90 Å². The van der Waals surface area contributed by atoms with Gasteiger partial charge in [-0.15, -0.1) is 0 Å². The first-order valence-corrected chi connectivity index (χ1v) is 6.66. The normalized spacial score (nSPS) is 10.9. The van der Waals surface area contributed by atoms with Crippen LogP contribution in [-0.4, -0.2) is 35.1 Å². The van der Waals surface area contributed by atoms with Gasteiger partial charge >= 0.3 is 11.9 Å². The van der Waals surface area contributed by atoms with E-state index in [4.69, 9.17) is 14.8 Å². The van der Waals surface area contributed by atoms with E-state index in [-0.39, 0.29) is 41.4 Å². The smallest absolute Gasteiger partial charge is 0.335 e. The summed E-state index contributed by atoms with van der Waals surface area (Å²) in [6.07, 6.45) is 0. The monoisotopic (exact) mass is 360 g/mol. The molecule has 0 aliphatic rings. The molecule has 2 rings (SSSR count). The van der Waals surface area contributed by atoms with Gasteiger partial charge in [-0.1, -0.05) is 6.07 Å². The summed E-state index contributed by atoms with van der Waals surface area (Å²) in [4.78, 5) is 21.2. The maximum absolute atomic E-state index is 11.3. The minimum absolute atomic E-state index is 0. The Labute approximate surface area is 131 Å². The zero-order chi connectivity index (χ0) is 15.1. The number of benzene rings is 2. The molecule has 0 fully saturated rings. The Morgan fingerprint density at radius 1 is 0.905 bits per heavy atom. The number of hydrogen-bond donors (Lipinski definition) is 3. The molecule has 0 spiro atoms. The van der Waals surface area contributed by atoms with Crippen molar-refractivity contribution in [1.29, 1.82) is 0 Å². The number of aromatic carboxylic acids is 2. The van der Waals surface area contributed by atoms with Gasteiger partial charge in [-0.25, -0.2) is 9.59 Å². The number of rotatable bonds is 3. The van der Waals surface area contributed by atoms with Crippen LogP contribution in [0.4, 0.5) is 0 Å². The number of carbonyl (C=O) groups is 2. The Hall–Kier alpha value is -1.83. The summed E-state index contributed by atoms with van der Waals surface area (Å²) in [5.41, 5.74) is -0.492. The SMILES string of the molecule is O=C(O)c1ccc2c(S(=O)(=O)O)cc(C(=O)O)cc2c1.[Zn]. The average molecular weight is 362 g/mol. The van der Waals surface area contributed by atoms with Gasteiger partial charge in [-0.05, 0) is 29.7 Å². The summed E-state index contributed by atoms with van der Waals surface area (Å²) in [5.74, 6) is -2.63. The maximum atomic E-state index is 11.3. The van der Waals surface area contributed by atoms with Crippen LogP contribution in [-0.2, 0) is 29.6 Å². The van der Waals surface area contributed by atoms with Crippen molar-refractivity contribution in [3.05, 3.63) is 41.5 Å². The zero-order valence-electron chi connectivity index (χ0n) is 10.5. The van der Waals surface area contributed by atoms with Crippen molar-refractivity contribution < 1.29 is 52.3 Å². The van der Waals surface area contributed by atoms with Crippen LogP contribution >= 0.6 is 0 Å². The molecule has 0 unspecified atom stereocenters. The van der Waals surface area contributed by atoms with Crippen molar-refractivity contribution in [2.24, 2.45) is 0 Å². The molecule has 0 amide bonds. The van der Waals surface area contributed by atoms with Gasteiger partial charge in [0.2, 0.25) is 0 Å². The van der Waals surface area contributed by atoms with E-state index in [0.29, 0.717) is 0 Å². The van der Waals surface area contributed by atoms with Crippen LogP contribution in [0.1, 0.15) is 20.7 Å². The fourth-order valence-electron chi connectivity index (χ4n) is 1.80. The predicted octanol–water partition coefficient (Wildman–Crippen LogP) is 1.48. The van der Waals surface area contributed by atoms with Gasteiger partial charge in [0, 0.05) is 24.9 Å². The molecule has 0 atom stereocenters. The van der Waals surface area contributed by atoms with Gasteiger partial charge in [0.1, 0.15) is 4.90 Å². The quantitative estimate of drug-likeness (QED) is 0.557. The Morgan fingerprint density at radius 2 is 1.43 bits per heavy atom. The molecule has 106 valence electrons. The van der Waals surface area contributed by atoms with Crippen LogP contribution in [0.5, 0.6) is 0 Å². The summed E-state index contributed by atoms with van der Waals surface area (Å²) >= 11 is 0. The van der Waals surface area contributed by atoms with Gasteiger partial charge in [-0.3, -0.25) is 4.55 Å². The largest absolute Gasteiger partial charge is 0.478 e. The molecule has 3 N–H and O–H groups in total. The van der Waals surface area contributed by atoms with Gasteiger partial charge in [0.25, 0.3) is 10.1 Å². The van der Waals surface area contributed by atoms with Crippen LogP contribution in [0.25, 0.3) is 10.8 Å². The molecule has 0 aromatic heterocycles. The van der Waals surface area contributed by atoms with Crippen molar-refractivity contribution in [3.8, 4) is 0 Å². The van der Waals surface area contributed by atoms with E-state index in [1.807, 2.05) is 0 Å². The number of hydrogen-bond acceptors (Lipinski definition) is 4. The minimum Gasteiger partial charge on any atom is -0.478 e. The Morgan fingerprint density at radius 3 is 1.90 bits per heavy atom. The third-order valence-corrected chi connectivity index (χ3v) is 3.58. The summed E-state index contributed by atoms with van der Waals surface area (Å²) in [5, 5.41) is 17.9. The third kappa shape index (κ3) is 3.44. The summed E-state index contributed by atoms with van der Waals surface area (Å²) in [6, 6.07) is 5.46. The van der Waals surface area contributed by atoms with Crippen molar-refractivity contribution in [1.82, 2.24) is 0 Å². The molecule has 0 heterocycles. The van der Waals surface area contributed by atoms with Crippen LogP contribution < -0.4 is 0 Å². The molecule has 0 aliphatic carbocycles. The molecular weight excluding hydrogens is 354 g/mol. The molecule has 0 radical (unpaired) electrons. The molecule has 0 aliphatic heterocycles. The van der Waals surface area contributed by atoms with Gasteiger partial charge < -0.3 is 10.2 Å². The molecule has 2 aromatic carbocycles. The van der Waals surface area contributed by atoms with E-state index in [1.165, 1.54) is 12.1 Å². The Balaban J connectivity index is 0.00000220. The minimum atomic E-state index is -4.63. The maximum Gasteiger partial charge on any atom is 0.335 e. The zero-order valence-corrected chi connectivity index (χ0v) is 14.3. The second-order valence-corrected chi connectivity index (χ2v) is 5.39. The topological polar surface area (TPSA) is 129 Å². The standard InChI is InChI=1S/C12H8O7S.Zn/c13-11(14)6-1-2-9-7(3-6)4-8(12(15)16)5-10(9)20(17,18)19;/h1-5H,(H,13,14)(H,15,16)(H,17,18,19);. The van der Waals surface area contributed by atoms with Gasteiger partial charge in [0.15, 0.2) is 0 Å². The first kappa shape index (κ1) is 17.2. The molecule has 2 aromatic rings. The summed E-state index contributed by atoms with van der Waals surface area (Å²) in [7, 11) is -4.63. The van der Waals surface area contributed by atoms with Crippen molar-refractivity contribution in [2.75, 3.05) is 0 Å². The molecule has 0 bridgehead atoms. The van der Waals surface area contributed by atoms with E-state index in [2.05, 4.69) is 0 Å². The van der Waals surface area contributed by atoms with Crippen LogP contribution in [0.2, 0.25) is 0 Å². The van der Waals surface area contributed by atoms with Gasteiger partial charge in [-0.2, -0.15) is 8.42 Å². The first-order valence-electron chi connectivity index (χ1n) is 5.22. The number of carboxylic acids is 2. The van der Waals surface area contributed by atoms with Crippen molar-refractivity contribution >= 4 is 32.8 Å². The molecule has 9 heteroatoms. The third-order valence-electron chi connectivity index (χ3n) is 2.69. The molecule has 0 saturated heterocycles.